The van der Waals surface area contributed by atoms with Gasteiger partial charge in [-0.1, -0.05) is 20.8 Å². The Labute approximate surface area is 120 Å². The molecule has 2 N–H and O–H groups in total. The molecule has 0 aromatic carbocycles. The predicted molar refractivity (Wildman–Crippen MR) is 76.4 cm³/mol. The van der Waals surface area contributed by atoms with E-state index in [9.17, 15) is 14.7 Å². The maximum atomic E-state index is 12.3. The van der Waals surface area contributed by atoms with Crippen LogP contribution in [0.1, 0.15) is 46.5 Å². The van der Waals surface area contributed by atoms with Crippen LogP contribution in [0.2, 0.25) is 0 Å². The lowest BCUT2D eigenvalue weighted by molar-refractivity contribution is -0.142. The lowest BCUT2D eigenvalue weighted by atomic mass is 9.79. The number of urea groups is 1. The Morgan fingerprint density at radius 1 is 1.05 bits per heavy atom. The zero-order valence-corrected chi connectivity index (χ0v) is 12.6. The number of carboxylic acids is 1. The molecular formula is C15H26N2O3. The summed E-state index contributed by atoms with van der Waals surface area (Å²) in [4.78, 5) is 25.1. The van der Waals surface area contributed by atoms with Crippen LogP contribution >= 0.6 is 0 Å². The molecule has 0 radical (unpaired) electrons. The average Bonchev–Trinajstić information content (AvgIpc) is 2.76. The van der Waals surface area contributed by atoms with Gasteiger partial charge in [-0.25, -0.2) is 9.59 Å². The van der Waals surface area contributed by atoms with E-state index in [2.05, 4.69) is 19.2 Å². The van der Waals surface area contributed by atoms with Crippen LogP contribution in [0.25, 0.3) is 0 Å². The molecule has 0 aromatic rings. The highest BCUT2D eigenvalue weighted by Crippen LogP contribution is 2.30. The third kappa shape index (κ3) is 3.07. The average molecular weight is 282 g/mol. The molecule has 1 heterocycles. The number of hydrogen-bond donors (Lipinski definition) is 2. The van der Waals surface area contributed by atoms with Crippen molar-refractivity contribution in [1.29, 1.82) is 0 Å². The minimum absolute atomic E-state index is 0.0311. The molecule has 114 valence electrons. The van der Waals surface area contributed by atoms with Gasteiger partial charge in [0.15, 0.2) is 0 Å². The fourth-order valence-corrected chi connectivity index (χ4v) is 3.49. The summed E-state index contributed by atoms with van der Waals surface area (Å²) in [5.41, 5.74) is 0. The Morgan fingerprint density at radius 2 is 1.75 bits per heavy atom. The fraction of sp³-hybridized carbons (Fsp3) is 0.867. The number of carbonyl (C=O) groups excluding carboxylic acids is 1. The lowest BCUT2D eigenvalue weighted by Crippen LogP contribution is -2.51. The summed E-state index contributed by atoms with van der Waals surface area (Å²) in [5.74, 6) is 0.461. The first-order valence-corrected chi connectivity index (χ1v) is 7.70. The summed E-state index contributed by atoms with van der Waals surface area (Å²) in [6.45, 7) is 6.92. The van der Waals surface area contributed by atoms with Crippen LogP contribution in [-0.4, -0.2) is 40.6 Å². The van der Waals surface area contributed by atoms with Crippen molar-refractivity contribution in [3.05, 3.63) is 0 Å². The van der Waals surface area contributed by atoms with Crippen molar-refractivity contribution in [2.75, 3.05) is 6.54 Å². The van der Waals surface area contributed by atoms with Crippen LogP contribution in [0, 0.1) is 17.8 Å². The van der Waals surface area contributed by atoms with Gasteiger partial charge in [0.2, 0.25) is 0 Å². The molecule has 5 atom stereocenters. The third-order valence-corrected chi connectivity index (χ3v) is 5.14. The first kappa shape index (κ1) is 15.1. The first-order valence-electron chi connectivity index (χ1n) is 7.70. The number of nitrogens with one attached hydrogen (secondary N) is 1. The van der Waals surface area contributed by atoms with Crippen LogP contribution < -0.4 is 5.32 Å². The van der Waals surface area contributed by atoms with E-state index < -0.39 is 12.0 Å². The molecule has 20 heavy (non-hydrogen) atoms. The maximum absolute atomic E-state index is 12.3. The predicted octanol–water partition coefficient (Wildman–Crippen LogP) is 2.32. The second kappa shape index (κ2) is 6.02. The van der Waals surface area contributed by atoms with Gasteiger partial charge in [0.05, 0.1) is 0 Å². The van der Waals surface area contributed by atoms with E-state index in [4.69, 9.17) is 0 Å². The second-order valence-corrected chi connectivity index (χ2v) is 6.66. The highest BCUT2D eigenvalue weighted by molar-refractivity contribution is 5.83. The number of carbonyl (C=O) groups is 2. The van der Waals surface area contributed by atoms with Crippen molar-refractivity contribution in [3.63, 3.8) is 0 Å². The van der Waals surface area contributed by atoms with Crippen molar-refractivity contribution in [2.45, 2.75) is 58.5 Å². The van der Waals surface area contributed by atoms with E-state index in [0.717, 1.165) is 25.7 Å². The van der Waals surface area contributed by atoms with Gasteiger partial charge < -0.3 is 15.3 Å². The van der Waals surface area contributed by atoms with Crippen molar-refractivity contribution in [2.24, 2.45) is 17.8 Å². The van der Waals surface area contributed by atoms with E-state index in [1.807, 2.05) is 6.92 Å². The number of aliphatic carboxylic acids is 1. The smallest absolute Gasteiger partial charge is 0.326 e. The monoisotopic (exact) mass is 282 g/mol. The lowest BCUT2D eigenvalue weighted by Gasteiger charge is -2.34. The molecule has 0 aromatic heterocycles. The molecule has 5 nitrogen and oxygen atoms in total. The van der Waals surface area contributed by atoms with Crippen molar-refractivity contribution in [3.8, 4) is 0 Å². The van der Waals surface area contributed by atoms with Gasteiger partial charge in [-0.3, -0.25) is 0 Å². The molecule has 1 aliphatic carbocycles. The van der Waals surface area contributed by atoms with Gasteiger partial charge in [0.25, 0.3) is 0 Å². The summed E-state index contributed by atoms with van der Waals surface area (Å²) >= 11 is 0. The van der Waals surface area contributed by atoms with Crippen molar-refractivity contribution in [1.82, 2.24) is 10.2 Å². The summed E-state index contributed by atoms with van der Waals surface area (Å²) in [5, 5.41) is 12.3. The molecule has 2 rings (SSSR count). The minimum Gasteiger partial charge on any atom is -0.480 e. The highest BCUT2D eigenvalue weighted by atomic mass is 16.4. The minimum atomic E-state index is -0.893. The molecule has 5 unspecified atom stereocenters. The SMILES string of the molecule is CC1CCC(NC(=O)N2CCC(C)C2C(=O)O)CC1C. The summed E-state index contributed by atoms with van der Waals surface area (Å²) < 4.78 is 0. The van der Waals surface area contributed by atoms with Crippen LogP contribution in [0.4, 0.5) is 4.79 Å². The van der Waals surface area contributed by atoms with Crippen LogP contribution in [0.15, 0.2) is 0 Å². The molecule has 5 heteroatoms. The van der Waals surface area contributed by atoms with Gasteiger partial charge in [0, 0.05) is 12.6 Å². The molecule has 1 aliphatic heterocycles. The number of amides is 2. The van der Waals surface area contributed by atoms with E-state index >= 15 is 0 Å². The molecule has 0 bridgehead atoms. The Bertz CT molecular complexity index is 385. The summed E-state index contributed by atoms with van der Waals surface area (Å²) in [6.07, 6.45) is 3.89. The Kier molecular flexibility index (Phi) is 4.55. The molecule has 1 saturated heterocycles. The van der Waals surface area contributed by atoms with Gasteiger partial charge in [-0.15, -0.1) is 0 Å². The molecule has 1 saturated carbocycles. The van der Waals surface area contributed by atoms with Gasteiger partial charge in [-0.05, 0) is 43.4 Å². The fourth-order valence-electron chi connectivity index (χ4n) is 3.49. The number of rotatable bonds is 2. The van der Waals surface area contributed by atoms with E-state index in [-0.39, 0.29) is 18.0 Å². The molecule has 2 fully saturated rings. The van der Waals surface area contributed by atoms with Gasteiger partial charge in [-0.2, -0.15) is 0 Å². The normalized spacial score (nSPS) is 37.8. The Hall–Kier alpha value is -1.26. The van der Waals surface area contributed by atoms with Crippen molar-refractivity contribution < 1.29 is 14.7 Å². The standard InChI is InChI=1S/C15H26N2O3/c1-9-4-5-12(8-11(9)3)16-15(20)17-7-6-10(2)13(17)14(18)19/h9-13H,4-8H2,1-3H3,(H,16,20)(H,18,19). The van der Waals surface area contributed by atoms with Crippen LogP contribution in [-0.2, 0) is 4.79 Å². The van der Waals surface area contributed by atoms with Crippen LogP contribution in [0.5, 0.6) is 0 Å². The van der Waals surface area contributed by atoms with E-state index in [1.165, 1.54) is 4.90 Å². The maximum Gasteiger partial charge on any atom is 0.326 e. The zero-order valence-electron chi connectivity index (χ0n) is 12.6. The van der Waals surface area contributed by atoms with Gasteiger partial charge in [0.1, 0.15) is 6.04 Å². The number of carboxylic acid groups (broad SMARTS) is 1. The number of likely N-dealkylation sites (tertiary alicyclic amines) is 1. The van der Waals surface area contributed by atoms with E-state index in [1.54, 1.807) is 0 Å². The largest absolute Gasteiger partial charge is 0.480 e. The van der Waals surface area contributed by atoms with Crippen molar-refractivity contribution >= 4 is 12.0 Å². The molecule has 0 spiro atoms. The number of nitrogens with zero attached hydrogens (tertiary/aromatic N) is 1. The summed E-state index contributed by atoms with van der Waals surface area (Å²) in [7, 11) is 0. The molecule has 2 amide bonds. The van der Waals surface area contributed by atoms with E-state index in [0.29, 0.717) is 18.4 Å². The zero-order chi connectivity index (χ0) is 14.9. The first-order chi connectivity index (χ1) is 9.40. The Morgan fingerprint density at radius 3 is 2.35 bits per heavy atom. The summed E-state index contributed by atoms with van der Waals surface area (Å²) in [6, 6.07) is -0.678. The topological polar surface area (TPSA) is 69.6 Å². The highest BCUT2D eigenvalue weighted by Gasteiger charge is 2.40. The number of hydrogen-bond acceptors (Lipinski definition) is 2. The quantitative estimate of drug-likeness (QED) is 0.816. The molecule has 2 aliphatic rings. The van der Waals surface area contributed by atoms with Crippen LogP contribution in [0.3, 0.4) is 0 Å². The Balaban J connectivity index is 1.93. The van der Waals surface area contributed by atoms with Gasteiger partial charge >= 0.3 is 12.0 Å². The third-order valence-electron chi connectivity index (χ3n) is 5.14. The second-order valence-electron chi connectivity index (χ2n) is 6.66. The molecular weight excluding hydrogens is 256 g/mol.